The SMILES string of the molecule is COc1ccccc1CC1CC2(CC2)CN1. The Morgan fingerprint density at radius 3 is 2.88 bits per heavy atom. The predicted octanol–water partition coefficient (Wildman–Crippen LogP) is 2.38. The molecule has 2 nitrogen and oxygen atoms in total. The lowest BCUT2D eigenvalue weighted by atomic mass is 9.98. The number of rotatable bonds is 3. The lowest BCUT2D eigenvalue weighted by Crippen LogP contribution is -2.23. The Morgan fingerprint density at radius 2 is 2.19 bits per heavy atom. The second kappa shape index (κ2) is 3.77. The van der Waals surface area contributed by atoms with Gasteiger partial charge in [0.2, 0.25) is 0 Å². The van der Waals surface area contributed by atoms with Crippen LogP contribution in [0.15, 0.2) is 24.3 Å². The van der Waals surface area contributed by atoms with Crippen molar-refractivity contribution in [1.82, 2.24) is 5.32 Å². The number of para-hydroxylation sites is 1. The first-order valence-electron chi connectivity index (χ1n) is 6.17. The largest absolute Gasteiger partial charge is 0.496 e. The van der Waals surface area contributed by atoms with Gasteiger partial charge in [0, 0.05) is 12.6 Å². The molecule has 2 fully saturated rings. The van der Waals surface area contributed by atoms with Crippen LogP contribution >= 0.6 is 0 Å². The Morgan fingerprint density at radius 1 is 1.38 bits per heavy atom. The molecule has 1 unspecified atom stereocenters. The summed E-state index contributed by atoms with van der Waals surface area (Å²) in [5, 5.41) is 3.65. The van der Waals surface area contributed by atoms with E-state index in [4.69, 9.17) is 4.74 Å². The summed E-state index contributed by atoms with van der Waals surface area (Å²) in [5.74, 6) is 1.03. The maximum Gasteiger partial charge on any atom is 0.122 e. The van der Waals surface area contributed by atoms with Gasteiger partial charge in [-0.3, -0.25) is 0 Å². The third kappa shape index (κ3) is 1.82. The van der Waals surface area contributed by atoms with Crippen LogP contribution in [0, 0.1) is 5.41 Å². The first-order chi connectivity index (χ1) is 7.81. The predicted molar refractivity (Wildman–Crippen MR) is 64.8 cm³/mol. The molecule has 0 bridgehead atoms. The zero-order valence-electron chi connectivity index (χ0n) is 9.83. The van der Waals surface area contributed by atoms with E-state index in [1.807, 2.05) is 6.07 Å². The van der Waals surface area contributed by atoms with Crippen molar-refractivity contribution < 1.29 is 4.74 Å². The fraction of sp³-hybridized carbons (Fsp3) is 0.571. The molecule has 1 aromatic carbocycles. The Hall–Kier alpha value is -1.02. The topological polar surface area (TPSA) is 21.3 Å². The summed E-state index contributed by atoms with van der Waals surface area (Å²) in [7, 11) is 1.75. The van der Waals surface area contributed by atoms with E-state index in [0.29, 0.717) is 11.5 Å². The number of hydrogen-bond acceptors (Lipinski definition) is 2. The van der Waals surface area contributed by atoms with Crippen molar-refractivity contribution in [2.75, 3.05) is 13.7 Å². The van der Waals surface area contributed by atoms with Crippen molar-refractivity contribution in [2.45, 2.75) is 31.7 Å². The molecule has 0 aromatic heterocycles. The minimum absolute atomic E-state index is 0.652. The average Bonchev–Trinajstić information content (AvgIpc) is 2.94. The molecule has 1 aromatic rings. The second-order valence-electron chi connectivity index (χ2n) is 5.30. The molecular formula is C14H19NO. The number of hydrogen-bond donors (Lipinski definition) is 1. The van der Waals surface area contributed by atoms with Crippen LogP contribution in [-0.2, 0) is 6.42 Å². The number of nitrogens with one attached hydrogen (secondary N) is 1. The van der Waals surface area contributed by atoms with Crippen molar-refractivity contribution in [3.63, 3.8) is 0 Å². The van der Waals surface area contributed by atoms with Gasteiger partial charge in [0.25, 0.3) is 0 Å². The second-order valence-corrected chi connectivity index (χ2v) is 5.30. The van der Waals surface area contributed by atoms with Gasteiger partial charge in [-0.15, -0.1) is 0 Å². The molecule has 0 radical (unpaired) electrons. The van der Waals surface area contributed by atoms with E-state index in [2.05, 4.69) is 23.5 Å². The molecule has 1 saturated carbocycles. The summed E-state index contributed by atoms with van der Waals surface area (Å²) >= 11 is 0. The van der Waals surface area contributed by atoms with Crippen LogP contribution < -0.4 is 10.1 Å². The molecule has 0 amide bonds. The van der Waals surface area contributed by atoms with Crippen molar-refractivity contribution >= 4 is 0 Å². The van der Waals surface area contributed by atoms with E-state index in [-0.39, 0.29) is 0 Å². The molecule has 2 heteroatoms. The first-order valence-corrected chi connectivity index (χ1v) is 6.17. The normalized spacial score (nSPS) is 25.9. The first kappa shape index (κ1) is 10.2. The molecule has 2 aliphatic rings. The Bertz CT molecular complexity index is 384. The third-order valence-corrected chi connectivity index (χ3v) is 4.06. The van der Waals surface area contributed by atoms with E-state index < -0.39 is 0 Å². The van der Waals surface area contributed by atoms with Crippen molar-refractivity contribution in [3.8, 4) is 5.75 Å². The van der Waals surface area contributed by atoms with E-state index >= 15 is 0 Å². The van der Waals surface area contributed by atoms with Crippen LogP contribution in [-0.4, -0.2) is 19.7 Å². The van der Waals surface area contributed by atoms with Gasteiger partial charge < -0.3 is 10.1 Å². The van der Waals surface area contributed by atoms with Crippen molar-refractivity contribution in [3.05, 3.63) is 29.8 Å². The Labute approximate surface area is 97.0 Å². The highest BCUT2D eigenvalue weighted by Gasteiger charge is 2.47. The summed E-state index contributed by atoms with van der Waals surface area (Å²) in [4.78, 5) is 0. The van der Waals surface area contributed by atoms with Crippen LogP contribution in [0.25, 0.3) is 0 Å². The van der Waals surface area contributed by atoms with Crippen LogP contribution in [0.2, 0.25) is 0 Å². The minimum Gasteiger partial charge on any atom is -0.496 e. The van der Waals surface area contributed by atoms with Crippen molar-refractivity contribution in [1.29, 1.82) is 0 Å². The standard InChI is InChI=1S/C14H19NO/c1-16-13-5-3-2-4-11(13)8-12-9-14(6-7-14)10-15-12/h2-5,12,15H,6-10H2,1H3. The van der Waals surface area contributed by atoms with E-state index in [1.54, 1.807) is 7.11 Å². The van der Waals surface area contributed by atoms with Crippen LogP contribution in [0.1, 0.15) is 24.8 Å². The van der Waals surface area contributed by atoms with E-state index in [9.17, 15) is 0 Å². The fourth-order valence-corrected chi connectivity index (χ4v) is 2.87. The number of ether oxygens (including phenoxy) is 1. The maximum absolute atomic E-state index is 5.40. The number of methoxy groups -OCH3 is 1. The van der Waals surface area contributed by atoms with Crippen LogP contribution in [0.3, 0.4) is 0 Å². The summed E-state index contributed by atoms with van der Waals surface area (Å²) in [5.41, 5.74) is 2.02. The van der Waals surface area contributed by atoms with Gasteiger partial charge in [-0.1, -0.05) is 18.2 Å². The monoisotopic (exact) mass is 217 g/mol. The zero-order valence-corrected chi connectivity index (χ0v) is 9.83. The molecule has 1 spiro atoms. The summed E-state index contributed by atoms with van der Waals surface area (Å²) < 4.78 is 5.40. The smallest absolute Gasteiger partial charge is 0.122 e. The highest BCUT2D eigenvalue weighted by atomic mass is 16.5. The van der Waals surface area contributed by atoms with E-state index in [0.717, 1.165) is 12.2 Å². The van der Waals surface area contributed by atoms with E-state index in [1.165, 1.54) is 31.4 Å². The molecule has 16 heavy (non-hydrogen) atoms. The van der Waals surface area contributed by atoms with Crippen LogP contribution in [0.4, 0.5) is 0 Å². The molecule has 1 aliphatic carbocycles. The molecule has 1 heterocycles. The molecule has 3 rings (SSSR count). The van der Waals surface area contributed by atoms with Crippen LogP contribution in [0.5, 0.6) is 5.75 Å². The van der Waals surface area contributed by atoms with Gasteiger partial charge in [-0.05, 0) is 42.7 Å². The third-order valence-electron chi connectivity index (χ3n) is 4.06. The molecule has 86 valence electrons. The van der Waals surface area contributed by atoms with Gasteiger partial charge in [-0.25, -0.2) is 0 Å². The molecule has 1 atom stereocenters. The summed E-state index contributed by atoms with van der Waals surface area (Å²) in [6.45, 7) is 1.23. The molecule has 1 N–H and O–H groups in total. The Kier molecular flexibility index (Phi) is 2.40. The molecule has 1 aliphatic heterocycles. The van der Waals surface area contributed by atoms with Gasteiger partial charge in [0.05, 0.1) is 7.11 Å². The van der Waals surface area contributed by atoms with Gasteiger partial charge in [0.15, 0.2) is 0 Å². The summed E-state index contributed by atoms with van der Waals surface area (Å²) in [6, 6.07) is 9.01. The van der Waals surface area contributed by atoms with Crippen molar-refractivity contribution in [2.24, 2.45) is 5.41 Å². The quantitative estimate of drug-likeness (QED) is 0.839. The maximum atomic E-state index is 5.40. The minimum atomic E-state index is 0.652. The van der Waals surface area contributed by atoms with Gasteiger partial charge in [-0.2, -0.15) is 0 Å². The van der Waals surface area contributed by atoms with Gasteiger partial charge in [0.1, 0.15) is 5.75 Å². The zero-order chi connectivity index (χ0) is 11.0. The average molecular weight is 217 g/mol. The molecular weight excluding hydrogens is 198 g/mol. The van der Waals surface area contributed by atoms with Gasteiger partial charge >= 0.3 is 0 Å². The fourth-order valence-electron chi connectivity index (χ4n) is 2.87. The highest BCUT2D eigenvalue weighted by molar-refractivity contribution is 5.34. The highest BCUT2D eigenvalue weighted by Crippen LogP contribution is 2.52. The number of benzene rings is 1. The lowest BCUT2D eigenvalue weighted by Gasteiger charge is -2.13. The summed E-state index contributed by atoms with van der Waals surface area (Å²) in [6.07, 6.45) is 5.32. The molecule has 1 saturated heterocycles. The lowest BCUT2D eigenvalue weighted by molar-refractivity contribution is 0.406. The Balaban J connectivity index is 1.69.